The fraction of sp³-hybridized carbons (Fsp3) is 0.532. The lowest BCUT2D eigenvalue weighted by Crippen LogP contribution is -2.70. The Bertz CT molecular complexity index is 1920. The summed E-state index contributed by atoms with van der Waals surface area (Å²) in [5.74, 6) is 0.310. The minimum atomic E-state index is -1.35. The van der Waals surface area contributed by atoms with Crippen molar-refractivity contribution in [3.8, 4) is 17.2 Å². The first kappa shape index (κ1) is 41.7. The number of allylic oxidation sites excluding steroid dienone is 1. The van der Waals surface area contributed by atoms with Crippen molar-refractivity contribution >= 4 is 22.6 Å². The zero-order valence-corrected chi connectivity index (χ0v) is 34.1. The molecule has 0 bridgehead atoms. The van der Waals surface area contributed by atoms with Gasteiger partial charge >= 0.3 is 6.09 Å². The Balaban J connectivity index is 1.42. The van der Waals surface area contributed by atoms with Gasteiger partial charge in [-0.05, 0) is 103 Å². The molecule has 2 aliphatic carbocycles. The van der Waals surface area contributed by atoms with E-state index in [0.29, 0.717) is 50.3 Å². The minimum absolute atomic E-state index is 0.0876. The van der Waals surface area contributed by atoms with Crippen molar-refractivity contribution < 1.29 is 43.5 Å². The molecule has 2 N–H and O–H groups in total. The molecule has 2 fully saturated rings. The summed E-state index contributed by atoms with van der Waals surface area (Å²) in [6.07, 6.45) is 11.6. The lowest BCUT2D eigenvalue weighted by atomic mass is 9.55. The highest BCUT2D eigenvalue weighted by molar-refractivity contribution is 6.03. The molecule has 312 valence electrons. The molecule has 2 aliphatic heterocycles. The number of methoxy groups -OCH3 is 1. The topological polar surface area (TPSA) is 129 Å². The average Bonchev–Trinajstić information content (AvgIpc) is 3.25. The van der Waals surface area contributed by atoms with Crippen molar-refractivity contribution in [2.75, 3.05) is 40.1 Å². The molecule has 11 nitrogen and oxygen atoms in total. The number of benzene rings is 3. The van der Waals surface area contributed by atoms with Crippen LogP contribution in [0.4, 0.5) is 4.79 Å². The smallest absolute Gasteiger partial charge is 0.409 e. The number of aliphatic hydroxyl groups is 2. The van der Waals surface area contributed by atoms with Crippen LogP contribution >= 0.6 is 0 Å². The van der Waals surface area contributed by atoms with Gasteiger partial charge in [0.2, 0.25) is 12.1 Å². The summed E-state index contributed by atoms with van der Waals surface area (Å²) in [4.78, 5) is 21.8. The third-order valence-corrected chi connectivity index (χ3v) is 12.3. The summed E-state index contributed by atoms with van der Waals surface area (Å²) >= 11 is 0. The van der Waals surface area contributed by atoms with E-state index in [1.807, 2.05) is 37.3 Å². The number of rotatable bonds is 18. The van der Waals surface area contributed by atoms with Crippen LogP contribution in [-0.2, 0) is 19.0 Å². The summed E-state index contributed by atoms with van der Waals surface area (Å²) in [6, 6.07) is 19.7. The first-order chi connectivity index (χ1) is 28.4. The van der Waals surface area contributed by atoms with Crippen LogP contribution in [0.2, 0.25) is 0 Å². The Labute approximate surface area is 342 Å². The second kappa shape index (κ2) is 19.6. The number of ether oxygens (including phenoxy) is 5. The molecular weight excluding hydrogens is 737 g/mol. The quantitative estimate of drug-likeness (QED) is 0.0736. The van der Waals surface area contributed by atoms with Crippen molar-refractivity contribution in [1.29, 1.82) is 0 Å². The minimum Gasteiger partial charge on any atom is -0.459 e. The fourth-order valence-corrected chi connectivity index (χ4v) is 9.73. The van der Waals surface area contributed by atoms with Crippen molar-refractivity contribution in [3.05, 3.63) is 90.5 Å². The van der Waals surface area contributed by atoms with Gasteiger partial charge in [-0.2, -0.15) is 0 Å². The summed E-state index contributed by atoms with van der Waals surface area (Å²) in [7, 11) is 1.40. The molecule has 2 heterocycles. The van der Waals surface area contributed by atoms with Crippen LogP contribution < -0.4 is 9.47 Å². The van der Waals surface area contributed by atoms with E-state index in [1.165, 1.54) is 7.11 Å². The van der Waals surface area contributed by atoms with Gasteiger partial charge in [0.05, 0.1) is 32.0 Å². The number of aliphatic hydroxyl groups excluding tert-OH is 2. The third-order valence-electron chi connectivity index (χ3n) is 12.3. The van der Waals surface area contributed by atoms with Crippen LogP contribution in [0, 0.1) is 17.8 Å². The normalized spacial score (nSPS) is 26.8. The molecule has 7 atom stereocenters. The van der Waals surface area contributed by atoms with Crippen LogP contribution in [-0.4, -0.2) is 85.1 Å². The van der Waals surface area contributed by atoms with E-state index >= 15 is 0 Å². The molecule has 1 unspecified atom stereocenters. The van der Waals surface area contributed by atoms with Crippen LogP contribution in [0.3, 0.4) is 0 Å². The maximum Gasteiger partial charge on any atom is 0.409 e. The maximum atomic E-state index is 13.8. The van der Waals surface area contributed by atoms with E-state index in [4.69, 9.17) is 33.7 Å². The lowest BCUT2D eigenvalue weighted by molar-refractivity contribution is -0.255. The van der Waals surface area contributed by atoms with Gasteiger partial charge in [-0.25, -0.2) is 4.79 Å². The summed E-state index contributed by atoms with van der Waals surface area (Å²) in [5.41, 5.74) is 2.69. The van der Waals surface area contributed by atoms with E-state index in [9.17, 15) is 15.0 Å². The molecule has 7 rings (SSSR count). The number of hydrogen-bond donors (Lipinski definition) is 2. The number of unbranched alkanes of at least 4 members (excludes halogenated alkanes) is 2. The molecule has 4 aliphatic rings. The van der Waals surface area contributed by atoms with E-state index in [0.717, 1.165) is 78.3 Å². The zero-order chi connectivity index (χ0) is 40.5. The molecule has 11 heteroatoms. The number of nitrogens with zero attached hydrogens (tertiary/aromatic N) is 2. The number of hydrogen-bond acceptors (Lipinski definition) is 10. The second-order valence-corrected chi connectivity index (χ2v) is 15.9. The molecule has 0 aromatic heterocycles. The van der Waals surface area contributed by atoms with Gasteiger partial charge in [-0.1, -0.05) is 67.4 Å². The third kappa shape index (κ3) is 8.78. The first-order valence-corrected chi connectivity index (χ1v) is 21.3. The number of amides is 1. The first-order valence-electron chi connectivity index (χ1n) is 21.3. The Hall–Kier alpha value is -4.42. The number of carbonyl (C=O) groups is 1. The van der Waals surface area contributed by atoms with Gasteiger partial charge in [-0.3, -0.25) is 4.90 Å². The predicted octanol–water partition coefficient (Wildman–Crippen LogP) is 9.27. The molecule has 3 aromatic carbocycles. The number of fused-ring (bicyclic) bond motifs is 3. The highest BCUT2D eigenvalue weighted by Crippen LogP contribution is 2.62. The predicted molar refractivity (Wildman–Crippen MR) is 223 cm³/mol. The highest BCUT2D eigenvalue weighted by atomic mass is 16.8. The fourth-order valence-electron chi connectivity index (χ4n) is 9.73. The average molecular weight is 797 g/mol. The van der Waals surface area contributed by atoms with Gasteiger partial charge in [0.25, 0.3) is 0 Å². The van der Waals surface area contributed by atoms with E-state index in [1.54, 1.807) is 11.0 Å². The van der Waals surface area contributed by atoms with Gasteiger partial charge in [-0.15, -0.1) is 6.58 Å². The Morgan fingerprint density at radius 1 is 1.00 bits per heavy atom. The maximum absolute atomic E-state index is 13.8. The molecule has 0 spiro atoms. The standard InChI is InChI=1S/C47H60N2O9/c1-4-23-49(46(52)53-3)42-31-40(48-58-43-18-10-13-27-54-43)38-29-34(16-8-11-24-50)37(17-9-12-25-51)44-39-30-36(56-35-20-19-32-14-6-7-15-33(32)28-35)21-22-41(39)57-47(42,45(38)44)55-26-5-2/h5-7,14-15,19-22,28-30,34,37,42-45,50-51H,2,4,8-13,16-18,23-27,31H2,1,3H3/t34-,37+,42-,43?,44+,45+,47+/m0/s1. The summed E-state index contributed by atoms with van der Waals surface area (Å²) in [5, 5.41) is 27.0. The number of oxime groups is 1. The van der Waals surface area contributed by atoms with Crippen molar-refractivity contribution in [3.63, 3.8) is 0 Å². The van der Waals surface area contributed by atoms with Gasteiger partial charge in [0, 0.05) is 44.1 Å². The van der Waals surface area contributed by atoms with Gasteiger partial charge in [0.1, 0.15) is 23.3 Å². The van der Waals surface area contributed by atoms with Crippen LogP contribution in [0.1, 0.15) is 89.0 Å². The molecule has 1 amide bonds. The molecule has 3 aromatic rings. The van der Waals surface area contributed by atoms with Gasteiger partial charge in [0.15, 0.2) is 0 Å². The SMILES string of the molecule is C=CCO[C@@]12Oc3ccc(Oc4ccc5ccccc5c4)cc3[C@H]3[C@H](CCCCO)[C@@H](CCCCO)C=C(C(=NOC4CCCCO4)C[C@@H]1N(CCC)C(=O)OC)[C@H]32. The van der Waals surface area contributed by atoms with E-state index < -0.39 is 30.1 Å². The Kier molecular flexibility index (Phi) is 14.1. The Morgan fingerprint density at radius 2 is 1.78 bits per heavy atom. The van der Waals surface area contributed by atoms with Crippen molar-refractivity contribution in [2.24, 2.45) is 22.9 Å². The van der Waals surface area contributed by atoms with Crippen LogP contribution in [0.15, 0.2) is 90.1 Å². The largest absolute Gasteiger partial charge is 0.459 e. The van der Waals surface area contributed by atoms with Gasteiger partial charge < -0.3 is 38.7 Å². The van der Waals surface area contributed by atoms with Crippen molar-refractivity contribution in [1.82, 2.24) is 4.90 Å². The lowest BCUT2D eigenvalue weighted by Gasteiger charge is -2.59. The Morgan fingerprint density at radius 3 is 2.52 bits per heavy atom. The van der Waals surface area contributed by atoms with Crippen LogP contribution in [0.5, 0.6) is 17.2 Å². The molecule has 1 saturated carbocycles. The molecule has 1 saturated heterocycles. The number of carbonyl (C=O) groups excluding carboxylic acids is 1. The molecule has 58 heavy (non-hydrogen) atoms. The van der Waals surface area contributed by atoms with Crippen molar-refractivity contribution in [2.45, 2.75) is 102 Å². The van der Waals surface area contributed by atoms with E-state index in [2.05, 4.69) is 43.0 Å². The second-order valence-electron chi connectivity index (χ2n) is 15.9. The summed E-state index contributed by atoms with van der Waals surface area (Å²) < 4.78 is 32.3. The molecular formula is C47H60N2O9. The summed E-state index contributed by atoms with van der Waals surface area (Å²) in [6.45, 7) is 7.49. The van der Waals surface area contributed by atoms with E-state index in [-0.39, 0.29) is 37.6 Å². The monoisotopic (exact) mass is 796 g/mol. The van der Waals surface area contributed by atoms with Crippen LogP contribution in [0.25, 0.3) is 10.8 Å². The molecule has 0 radical (unpaired) electrons. The highest BCUT2D eigenvalue weighted by Gasteiger charge is 2.65. The zero-order valence-electron chi connectivity index (χ0n) is 34.1.